The Hall–Kier alpha value is -2.64. The SMILES string of the molecule is Cc1nc2c(c(=O)o1)=CC(c1ccccc1)=CC=C=2. The lowest BCUT2D eigenvalue weighted by Crippen LogP contribution is -2.40. The predicted octanol–water partition coefficient (Wildman–Crippen LogP) is 1.16. The van der Waals surface area contributed by atoms with Crippen LogP contribution in [0.15, 0.2) is 51.7 Å². The number of benzene rings is 1. The summed E-state index contributed by atoms with van der Waals surface area (Å²) in [7, 11) is 0. The Morgan fingerprint density at radius 3 is 2.79 bits per heavy atom. The van der Waals surface area contributed by atoms with Gasteiger partial charge in [-0.1, -0.05) is 36.1 Å². The van der Waals surface area contributed by atoms with Gasteiger partial charge in [-0.2, -0.15) is 0 Å². The summed E-state index contributed by atoms with van der Waals surface area (Å²) in [4.78, 5) is 16.1. The minimum absolute atomic E-state index is 0.348. The lowest BCUT2D eigenvalue weighted by Gasteiger charge is -2.00. The average Bonchev–Trinajstić information content (AvgIpc) is 2.62. The van der Waals surface area contributed by atoms with Crippen molar-refractivity contribution in [3.8, 4) is 0 Å². The number of aryl methyl sites for hydroxylation is 1. The van der Waals surface area contributed by atoms with E-state index in [1.807, 2.05) is 36.4 Å². The van der Waals surface area contributed by atoms with E-state index in [0.29, 0.717) is 16.5 Å². The molecule has 0 spiro atoms. The zero-order chi connectivity index (χ0) is 13.2. The Morgan fingerprint density at radius 1 is 1.21 bits per heavy atom. The number of hydrogen-bond acceptors (Lipinski definition) is 3. The molecular formula is C16H11NO2. The third-order valence-corrected chi connectivity index (χ3v) is 2.87. The van der Waals surface area contributed by atoms with Gasteiger partial charge in [0.25, 0.3) is 0 Å². The maximum Gasteiger partial charge on any atom is 0.347 e. The van der Waals surface area contributed by atoms with E-state index in [1.165, 1.54) is 0 Å². The van der Waals surface area contributed by atoms with E-state index in [4.69, 9.17) is 4.42 Å². The molecule has 0 bridgehead atoms. The van der Waals surface area contributed by atoms with Crippen LogP contribution in [-0.2, 0) is 0 Å². The smallest absolute Gasteiger partial charge is 0.347 e. The zero-order valence-corrected chi connectivity index (χ0v) is 10.4. The van der Waals surface area contributed by atoms with Crippen LogP contribution in [0, 0.1) is 6.92 Å². The summed E-state index contributed by atoms with van der Waals surface area (Å²) in [6.07, 6.45) is 5.47. The van der Waals surface area contributed by atoms with Crippen LogP contribution in [0.3, 0.4) is 0 Å². The fourth-order valence-corrected chi connectivity index (χ4v) is 1.99. The molecular weight excluding hydrogens is 238 g/mol. The third kappa shape index (κ3) is 2.19. The first kappa shape index (κ1) is 11.5. The number of aromatic nitrogens is 1. The van der Waals surface area contributed by atoms with Gasteiger partial charge in [0.2, 0.25) is 0 Å². The van der Waals surface area contributed by atoms with Gasteiger partial charge >= 0.3 is 5.63 Å². The molecule has 1 aliphatic carbocycles. The van der Waals surface area contributed by atoms with Crippen molar-refractivity contribution in [3.63, 3.8) is 0 Å². The molecule has 1 heterocycles. The Labute approximate surface area is 109 Å². The number of hydrogen-bond donors (Lipinski definition) is 0. The first-order chi connectivity index (χ1) is 9.24. The molecule has 0 saturated heterocycles. The fourth-order valence-electron chi connectivity index (χ4n) is 1.99. The summed E-state index contributed by atoms with van der Waals surface area (Å²) in [5.74, 6) is 0.348. The highest BCUT2D eigenvalue weighted by molar-refractivity contribution is 5.89. The summed E-state index contributed by atoms with van der Waals surface area (Å²) in [6, 6.07) is 9.85. The quantitative estimate of drug-likeness (QED) is 0.761. The molecule has 92 valence electrons. The Balaban J connectivity index is 2.30. The molecule has 1 aromatic carbocycles. The predicted molar refractivity (Wildman–Crippen MR) is 73.6 cm³/mol. The first-order valence-electron chi connectivity index (χ1n) is 5.96. The lowest BCUT2D eigenvalue weighted by molar-refractivity contribution is 0.448. The van der Waals surface area contributed by atoms with Crippen molar-refractivity contribution in [2.75, 3.05) is 0 Å². The van der Waals surface area contributed by atoms with Crippen molar-refractivity contribution < 1.29 is 4.42 Å². The van der Waals surface area contributed by atoms with Crippen molar-refractivity contribution in [2.45, 2.75) is 6.92 Å². The molecule has 0 amide bonds. The molecule has 0 aliphatic heterocycles. The van der Waals surface area contributed by atoms with Crippen molar-refractivity contribution in [3.05, 3.63) is 74.9 Å². The molecule has 0 saturated carbocycles. The van der Waals surface area contributed by atoms with Crippen LogP contribution in [0.4, 0.5) is 0 Å². The molecule has 2 aromatic rings. The molecule has 3 nitrogen and oxygen atoms in total. The largest absolute Gasteiger partial charge is 0.408 e. The molecule has 0 fully saturated rings. The minimum atomic E-state index is -0.382. The van der Waals surface area contributed by atoms with Crippen molar-refractivity contribution in [2.24, 2.45) is 0 Å². The number of allylic oxidation sites excluding steroid dienone is 3. The summed E-state index contributed by atoms with van der Waals surface area (Å²) >= 11 is 0. The highest BCUT2D eigenvalue weighted by Gasteiger charge is 2.03. The molecule has 0 unspecified atom stereocenters. The second kappa shape index (κ2) is 4.56. The maximum atomic E-state index is 11.9. The van der Waals surface area contributed by atoms with Crippen LogP contribution < -0.4 is 16.2 Å². The fraction of sp³-hybridized carbons (Fsp3) is 0.0625. The van der Waals surface area contributed by atoms with E-state index in [-0.39, 0.29) is 5.63 Å². The minimum Gasteiger partial charge on any atom is -0.408 e. The van der Waals surface area contributed by atoms with Crippen molar-refractivity contribution in [1.82, 2.24) is 4.98 Å². The van der Waals surface area contributed by atoms with Crippen LogP contribution in [0.5, 0.6) is 0 Å². The van der Waals surface area contributed by atoms with Crippen molar-refractivity contribution in [1.29, 1.82) is 0 Å². The topological polar surface area (TPSA) is 43.1 Å². The Bertz CT molecular complexity index is 867. The number of fused-ring (bicyclic) bond motifs is 1. The van der Waals surface area contributed by atoms with Gasteiger partial charge in [0.05, 0.1) is 5.22 Å². The van der Waals surface area contributed by atoms with Crippen LogP contribution in [-0.4, -0.2) is 4.98 Å². The molecule has 1 aromatic heterocycles. The van der Waals surface area contributed by atoms with E-state index in [9.17, 15) is 4.79 Å². The van der Waals surface area contributed by atoms with E-state index >= 15 is 0 Å². The molecule has 3 heteroatoms. The van der Waals surface area contributed by atoms with Gasteiger partial charge in [0, 0.05) is 6.92 Å². The van der Waals surface area contributed by atoms with E-state index in [2.05, 4.69) is 10.7 Å². The number of rotatable bonds is 1. The maximum absolute atomic E-state index is 11.9. The van der Waals surface area contributed by atoms with Crippen LogP contribution >= 0.6 is 0 Å². The zero-order valence-electron chi connectivity index (χ0n) is 10.4. The highest BCUT2D eigenvalue weighted by Crippen LogP contribution is 2.15. The summed E-state index contributed by atoms with van der Waals surface area (Å²) in [5.41, 5.74) is 4.59. The average molecular weight is 249 g/mol. The van der Waals surface area contributed by atoms with Crippen LogP contribution in [0.2, 0.25) is 0 Å². The normalized spacial score (nSPS) is 12.8. The standard InChI is InChI=1S/C16H11NO2/c1-11-17-15-9-5-8-13(10-14(15)16(18)19-11)12-6-3-2-4-7-12/h2-8,10H,1H3. The second-order valence-electron chi connectivity index (χ2n) is 4.23. The van der Waals surface area contributed by atoms with E-state index < -0.39 is 0 Å². The van der Waals surface area contributed by atoms with Crippen LogP contribution in [0.25, 0.3) is 17.4 Å². The Kier molecular flexibility index (Phi) is 2.75. The molecule has 0 radical (unpaired) electrons. The number of nitrogens with zero attached hydrogens (tertiary/aromatic N) is 1. The van der Waals surface area contributed by atoms with E-state index in [1.54, 1.807) is 19.1 Å². The second-order valence-corrected chi connectivity index (χ2v) is 4.23. The molecule has 1 aliphatic rings. The highest BCUT2D eigenvalue weighted by atomic mass is 16.4. The molecule has 0 atom stereocenters. The monoisotopic (exact) mass is 249 g/mol. The molecule has 0 N–H and O–H groups in total. The van der Waals surface area contributed by atoms with E-state index in [0.717, 1.165) is 11.1 Å². The molecule has 19 heavy (non-hydrogen) atoms. The summed E-state index contributed by atoms with van der Waals surface area (Å²) in [5, 5.41) is 0.963. The Morgan fingerprint density at radius 2 is 2.00 bits per heavy atom. The van der Waals surface area contributed by atoms with Crippen LogP contribution in [0.1, 0.15) is 11.5 Å². The van der Waals surface area contributed by atoms with Gasteiger partial charge < -0.3 is 4.42 Å². The summed E-state index contributed by atoms with van der Waals surface area (Å²) < 4.78 is 5.04. The van der Waals surface area contributed by atoms with Crippen molar-refractivity contribution >= 4 is 17.4 Å². The summed E-state index contributed by atoms with van der Waals surface area (Å²) in [6.45, 7) is 1.65. The van der Waals surface area contributed by atoms with Gasteiger partial charge in [-0.05, 0) is 29.4 Å². The molecule has 3 rings (SSSR count). The van der Waals surface area contributed by atoms with Gasteiger partial charge in [0.1, 0.15) is 5.35 Å². The van der Waals surface area contributed by atoms with Gasteiger partial charge in [0.15, 0.2) is 5.89 Å². The lowest BCUT2D eigenvalue weighted by atomic mass is 10.1. The van der Waals surface area contributed by atoms with Gasteiger partial charge in [-0.25, -0.2) is 9.78 Å². The van der Waals surface area contributed by atoms with Gasteiger partial charge in [-0.3, -0.25) is 0 Å². The van der Waals surface area contributed by atoms with Gasteiger partial charge in [-0.15, -0.1) is 0 Å². The first-order valence-corrected chi connectivity index (χ1v) is 5.96. The third-order valence-electron chi connectivity index (χ3n) is 2.87.